The number of nitrogens with two attached hydrogens (primary N) is 1. The zero-order chi connectivity index (χ0) is 25.8. The van der Waals surface area contributed by atoms with Gasteiger partial charge in [-0.25, -0.2) is 9.59 Å². The van der Waals surface area contributed by atoms with Crippen LogP contribution in [0.1, 0.15) is 31.2 Å². The van der Waals surface area contributed by atoms with Gasteiger partial charge in [-0.3, -0.25) is 9.59 Å². The van der Waals surface area contributed by atoms with Gasteiger partial charge in [-0.15, -0.1) is 5.11 Å². The summed E-state index contributed by atoms with van der Waals surface area (Å²) in [6.45, 7) is 0.538. The molecular formula is C23H27N5O7. The van der Waals surface area contributed by atoms with Crippen LogP contribution in [0.5, 0.6) is 5.75 Å². The quantitative estimate of drug-likeness (QED) is 0.149. The van der Waals surface area contributed by atoms with Crippen molar-refractivity contribution in [3.8, 4) is 5.75 Å². The number of carbonyl (C=O) groups excluding carboxylic acids is 2. The summed E-state index contributed by atoms with van der Waals surface area (Å²) in [5.41, 5.74) is 6.62. The maximum absolute atomic E-state index is 12.1. The topological polar surface area (TPSA) is 204 Å². The molecule has 0 aromatic heterocycles. The first kappa shape index (κ1) is 26.9. The number of phenols is 1. The van der Waals surface area contributed by atoms with Crippen molar-refractivity contribution < 1.29 is 34.5 Å². The number of carboxylic acid groups (broad SMARTS) is 2. The maximum Gasteiger partial charge on any atom is 0.394 e. The predicted octanol–water partition coefficient (Wildman–Crippen LogP) is 2.46. The van der Waals surface area contributed by atoms with E-state index in [0.29, 0.717) is 24.2 Å². The van der Waals surface area contributed by atoms with Crippen LogP contribution in [0.25, 0.3) is 0 Å². The number of anilines is 1. The fourth-order valence-corrected chi connectivity index (χ4v) is 2.99. The van der Waals surface area contributed by atoms with Crippen molar-refractivity contribution in [1.82, 2.24) is 5.32 Å². The molecule has 2 aromatic carbocycles. The number of benzene rings is 2. The van der Waals surface area contributed by atoms with Crippen molar-refractivity contribution in [2.75, 3.05) is 11.9 Å². The van der Waals surface area contributed by atoms with Crippen LogP contribution < -0.4 is 16.4 Å². The van der Waals surface area contributed by atoms with Crippen LogP contribution in [0.2, 0.25) is 0 Å². The lowest BCUT2D eigenvalue weighted by Crippen LogP contribution is -2.42. The lowest BCUT2D eigenvalue weighted by molar-refractivity contribution is -0.147. The van der Waals surface area contributed by atoms with Crippen molar-refractivity contribution in [2.45, 2.75) is 38.1 Å². The van der Waals surface area contributed by atoms with Crippen molar-refractivity contribution in [3.63, 3.8) is 0 Å². The van der Waals surface area contributed by atoms with Crippen LogP contribution in [0.3, 0.4) is 0 Å². The Morgan fingerprint density at radius 1 is 0.943 bits per heavy atom. The zero-order valence-corrected chi connectivity index (χ0v) is 18.8. The van der Waals surface area contributed by atoms with Gasteiger partial charge in [0.25, 0.3) is 0 Å². The van der Waals surface area contributed by atoms with Gasteiger partial charge in [0.2, 0.25) is 5.91 Å². The molecule has 186 valence electrons. The molecule has 12 heteroatoms. The lowest BCUT2D eigenvalue weighted by Gasteiger charge is -2.15. The van der Waals surface area contributed by atoms with E-state index in [9.17, 15) is 29.4 Å². The van der Waals surface area contributed by atoms with Crippen molar-refractivity contribution in [1.29, 1.82) is 0 Å². The van der Waals surface area contributed by atoms with Crippen LogP contribution in [-0.4, -0.2) is 51.7 Å². The first-order chi connectivity index (χ1) is 16.7. The van der Waals surface area contributed by atoms with Gasteiger partial charge in [0.15, 0.2) is 0 Å². The Morgan fingerprint density at radius 2 is 1.66 bits per heavy atom. The molecule has 0 heterocycles. The summed E-state index contributed by atoms with van der Waals surface area (Å²) in [5, 5.41) is 40.8. The summed E-state index contributed by atoms with van der Waals surface area (Å²) in [6.07, 6.45) is 2.38. The molecule has 0 fully saturated rings. The number of unbranched alkanes of at least 4 members (excludes halogenated alkanes) is 2. The third-order valence-corrected chi connectivity index (χ3v) is 4.81. The monoisotopic (exact) mass is 485 g/mol. The van der Waals surface area contributed by atoms with Gasteiger partial charge in [0.05, 0.1) is 5.69 Å². The zero-order valence-electron chi connectivity index (χ0n) is 18.8. The van der Waals surface area contributed by atoms with Crippen molar-refractivity contribution in [2.24, 2.45) is 16.0 Å². The molecule has 0 aliphatic carbocycles. The van der Waals surface area contributed by atoms with Crippen molar-refractivity contribution >= 4 is 40.8 Å². The summed E-state index contributed by atoms with van der Waals surface area (Å²) < 4.78 is 0. The van der Waals surface area contributed by atoms with Gasteiger partial charge < -0.3 is 31.7 Å². The molecule has 35 heavy (non-hydrogen) atoms. The highest BCUT2D eigenvalue weighted by atomic mass is 16.4. The Kier molecular flexibility index (Phi) is 10.3. The number of amides is 2. The number of nitrogens with zero attached hydrogens (tertiary/aromatic N) is 2. The fraction of sp³-hybridized carbons (Fsp3) is 0.304. The van der Waals surface area contributed by atoms with Gasteiger partial charge in [0, 0.05) is 18.5 Å². The molecule has 0 aliphatic heterocycles. The second kappa shape index (κ2) is 13.4. The summed E-state index contributed by atoms with van der Waals surface area (Å²) in [7, 11) is 0. The lowest BCUT2D eigenvalue weighted by atomic mass is 10.0. The molecule has 12 nitrogen and oxygen atoms in total. The first-order valence-electron chi connectivity index (χ1n) is 10.8. The number of aliphatic carboxylic acids is 2. The number of azo groups is 1. The summed E-state index contributed by atoms with van der Waals surface area (Å²) in [5.74, 6) is -4.53. The highest BCUT2D eigenvalue weighted by Gasteiger charge is 2.21. The number of hydrogen-bond acceptors (Lipinski definition) is 8. The average Bonchev–Trinajstić information content (AvgIpc) is 2.82. The Hall–Kier alpha value is -4.32. The normalized spacial score (nSPS) is 11.7. The van der Waals surface area contributed by atoms with E-state index in [4.69, 9.17) is 10.8 Å². The number of carboxylic acids is 2. The molecule has 0 bridgehead atoms. The van der Waals surface area contributed by atoms with E-state index in [1.165, 1.54) is 42.5 Å². The summed E-state index contributed by atoms with van der Waals surface area (Å²) in [4.78, 5) is 45.5. The van der Waals surface area contributed by atoms with E-state index in [-0.39, 0.29) is 35.9 Å². The van der Waals surface area contributed by atoms with Crippen molar-refractivity contribution in [3.05, 3.63) is 48.0 Å². The molecule has 2 amide bonds. The van der Waals surface area contributed by atoms with Gasteiger partial charge in [-0.05, 0) is 61.3 Å². The summed E-state index contributed by atoms with van der Waals surface area (Å²) >= 11 is 0. The summed E-state index contributed by atoms with van der Waals surface area (Å²) in [6, 6.07) is 9.00. The number of aromatic hydroxyl groups is 1. The SMILES string of the molecule is NCCCCCC(=O)N[C@@H](Cc1ccc(O)c(N=Nc2ccc(NC(=O)C(=O)O)cc2)c1)C(=O)O. The van der Waals surface area contributed by atoms with Crippen LogP contribution in [0, 0.1) is 0 Å². The molecule has 2 rings (SSSR count). The molecule has 0 saturated heterocycles. The predicted molar refractivity (Wildman–Crippen MR) is 126 cm³/mol. The number of hydrogen-bond donors (Lipinski definition) is 6. The molecule has 2 aromatic rings. The second-order valence-corrected chi connectivity index (χ2v) is 7.59. The van der Waals surface area contributed by atoms with E-state index in [1.54, 1.807) is 0 Å². The Bertz CT molecular complexity index is 1090. The van der Waals surface area contributed by atoms with Gasteiger partial charge in [0.1, 0.15) is 17.5 Å². The molecule has 0 unspecified atom stereocenters. The molecule has 0 aliphatic rings. The minimum absolute atomic E-state index is 0.0232. The fourth-order valence-electron chi connectivity index (χ4n) is 2.99. The molecule has 0 saturated carbocycles. The largest absolute Gasteiger partial charge is 0.506 e. The molecular weight excluding hydrogens is 458 g/mol. The van der Waals surface area contributed by atoms with E-state index >= 15 is 0 Å². The standard InChI is InChI=1S/C23H27N5O7/c24-11-3-1-2-4-20(30)26-18(22(32)33)13-14-5-10-19(29)17(12-14)28-27-16-8-6-15(7-9-16)25-21(31)23(34)35/h5-10,12,18,29H,1-4,11,13,24H2,(H,25,31)(H,26,30)(H,32,33)(H,34,35)/t18-/m0/s1. The average molecular weight is 485 g/mol. The van der Waals surface area contributed by atoms with E-state index in [0.717, 1.165) is 12.8 Å². The molecule has 1 atom stereocenters. The van der Waals surface area contributed by atoms with E-state index < -0.39 is 23.9 Å². The van der Waals surface area contributed by atoms with Gasteiger partial charge in [-0.1, -0.05) is 12.5 Å². The first-order valence-corrected chi connectivity index (χ1v) is 10.8. The Labute approximate surface area is 200 Å². The minimum atomic E-state index is -1.61. The molecule has 7 N–H and O–H groups in total. The second-order valence-electron chi connectivity index (χ2n) is 7.59. The van der Waals surface area contributed by atoms with E-state index in [2.05, 4.69) is 20.9 Å². The number of nitrogens with one attached hydrogen (secondary N) is 2. The van der Waals surface area contributed by atoms with Crippen LogP contribution in [0.4, 0.5) is 17.1 Å². The third-order valence-electron chi connectivity index (χ3n) is 4.81. The van der Waals surface area contributed by atoms with E-state index in [1.807, 2.05) is 0 Å². The number of phenolic OH excluding ortho intramolecular Hbond substituents is 1. The highest BCUT2D eigenvalue weighted by Crippen LogP contribution is 2.30. The third kappa shape index (κ3) is 9.21. The molecule has 0 spiro atoms. The smallest absolute Gasteiger partial charge is 0.394 e. The Balaban J connectivity index is 2.05. The van der Waals surface area contributed by atoms with Crippen LogP contribution in [0.15, 0.2) is 52.7 Å². The Morgan fingerprint density at radius 3 is 2.29 bits per heavy atom. The van der Waals surface area contributed by atoms with Gasteiger partial charge in [-0.2, -0.15) is 5.11 Å². The molecule has 0 radical (unpaired) electrons. The minimum Gasteiger partial charge on any atom is -0.506 e. The number of rotatable bonds is 12. The van der Waals surface area contributed by atoms with Crippen LogP contribution >= 0.6 is 0 Å². The number of carbonyl (C=O) groups is 4. The maximum atomic E-state index is 12.1. The van der Waals surface area contributed by atoms with Gasteiger partial charge >= 0.3 is 17.8 Å². The van der Waals surface area contributed by atoms with Crippen LogP contribution in [-0.2, 0) is 25.6 Å². The highest BCUT2D eigenvalue weighted by molar-refractivity contribution is 6.36.